The molecule has 1 aromatic rings. The van der Waals surface area contributed by atoms with Crippen LogP contribution in [0.5, 0.6) is 5.75 Å². The second-order valence-corrected chi connectivity index (χ2v) is 9.04. The van der Waals surface area contributed by atoms with E-state index in [4.69, 9.17) is 9.94 Å². The number of hydrogen-bond acceptors (Lipinski definition) is 7. The normalized spacial score (nSPS) is 20.7. The van der Waals surface area contributed by atoms with E-state index in [9.17, 15) is 18.0 Å². The monoisotopic (exact) mass is 397 g/mol. The molecule has 148 valence electrons. The number of nitrogens with one attached hydrogen (secondary N) is 1. The number of amides is 2. The Morgan fingerprint density at radius 2 is 1.93 bits per heavy atom. The van der Waals surface area contributed by atoms with Crippen LogP contribution in [0.2, 0.25) is 0 Å². The highest BCUT2D eigenvalue weighted by atomic mass is 32.2. The predicted molar refractivity (Wildman–Crippen MR) is 96.3 cm³/mol. The summed E-state index contributed by atoms with van der Waals surface area (Å²) in [5.74, 6) is -0.0586. The number of hydroxylamine groups is 1. The maximum atomic E-state index is 12.9. The number of hydrogen-bond donors (Lipinski definition) is 2. The molecule has 2 N–H and O–H groups in total. The minimum absolute atomic E-state index is 0.0757. The first-order chi connectivity index (χ1) is 12.8. The second-order valence-electron chi connectivity index (χ2n) is 6.74. The fourth-order valence-electron chi connectivity index (χ4n) is 3.30. The van der Waals surface area contributed by atoms with Crippen LogP contribution < -0.4 is 10.2 Å². The first kappa shape index (κ1) is 19.6. The summed E-state index contributed by atoms with van der Waals surface area (Å²) in [5, 5.41) is 8.74. The first-order valence-corrected chi connectivity index (χ1v) is 10.6. The smallest absolute Gasteiger partial charge is 0.274 e. The standard InChI is InChI=1S/C17H23N3O6S/c1-12(19-5-8-27(24,25)9-6-19)17(22)20-4-7-26-15-10-13(16(21)18-23)2-3-14(15)11-20/h2-3,10,12,23H,4-9,11H2,1H3,(H,18,21). The molecule has 0 bridgehead atoms. The van der Waals surface area contributed by atoms with Crippen molar-refractivity contribution in [1.82, 2.24) is 15.3 Å². The Kier molecular flexibility index (Phi) is 5.68. The number of fused-ring (bicyclic) bond motifs is 1. The summed E-state index contributed by atoms with van der Waals surface area (Å²) in [7, 11) is -3.00. The molecule has 9 nitrogen and oxygen atoms in total. The van der Waals surface area contributed by atoms with Gasteiger partial charge in [-0.2, -0.15) is 0 Å². The van der Waals surface area contributed by atoms with Gasteiger partial charge in [0.25, 0.3) is 5.91 Å². The lowest BCUT2D eigenvalue weighted by atomic mass is 10.1. The quantitative estimate of drug-likeness (QED) is 0.529. The summed E-state index contributed by atoms with van der Waals surface area (Å²) >= 11 is 0. The molecular formula is C17H23N3O6S. The van der Waals surface area contributed by atoms with Crippen molar-refractivity contribution in [2.75, 3.05) is 37.7 Å². The van der Waals surface area contributed by atoms with Gasteiger partial charge in [0.05, 0.1) is 24.1 Å². The van der Waals surface area contributed by atoms with Crippen molar-refractivity contribution in [3.8, 4) is 5.75 Å². The SMILES string of the molecule is CC(C(=O)N1CCOc2cc(C(=O)NO)ccc2C1)N1CCS(=O)(=O)CC1. The molecular weight excluding hydrogens is 374 g/mol. The third kappa shape index (κ3) is 4.40. The third-order valence-corrected chi connectivity index (χ3v) is 6.62. The van der Waals surface area contributed by atoms with E-state index < -0.39 is 21.8 Å². The van der Waals surface area contributed by atoms with Crippen molar-refractivity contribution in [2.45, 2.75) is 19.5 Å². The Morgan fingerprint density at radius 1 is 1.22 bits per heavy atom. The molecule has 0 saturated carbocycles. The Labute approximate surface area is 157 Å². The Hall–Kier alpha value is -2.17. The van der Waals surface area contributed by atoms with Crippen LogP contribution in [-0.4, -0.2) is 79.0 Å². The van der Waals surface area contributed by atoms with Gasteiger partial charge in [0, 0.05) is 30.8 Å². The van der Waals surface area contributed by atoms with Crippen molar-refractivity contribution in [3.63, 3.8) is 0 Å². The maximum Gasteiger partial charge on any atom is 0.274 e. The van der Waals surface area contributed by atoms with Crippen LogP contribution in [0.4, 0.5) is 0 Å². The lowest BCUT2D eigenvalue weighted by Crippen LogP contribution is -2.52. The summed E-state index contributed by atoms with van der Waals surface area (Å²) in [6.07, 6.45) is 0. The Balaban J connectivity index is 1.70. The average molecular weight is 397 g/mol. The second kappa shape index (κ2) is 7.83. The van der Waals surface area contributed by atoms with Crippen LogP contribution >= 0.6 is 0 Å². The number of nitrogens with zero attached hydrogens (tertiary/aromatic N) is 2. The van der Waals surface area contributed by atoms with Crippen LogP contribution in [-0.2, 0) is 21.2 Å². The summed E-state index contributed by atoms with van der Waals surface area (Å²) in [6.45, 7) is 3.52. The lowest BCUT2D eigenvalue weighted by molar-refractivity contribution is -0.137. The van der Waals surface area contributed by atoms with Gasteiger partial charge in [-0.15, -0.1) is 0 Å². The zero-order valence-electron chi connectivity index (χ0n) is 15.1. The topological polar surface area (TPSA) is 116 Å². The molecule has 0 aromatic heterocycles. The summed E-state index contributed by atoms with van der Waals surface area (Å²) in [6, 6.07) is 4.37. The van der Waals surface area contributed by atoms with Gasteiger partial charge in [0.15, 0.2) is 9.84 Å². The van der Waals surface area contributed by atoms with Gasteiger partial charge in [0.2, 0.25) is 5.91 Å². The largest absolute Gasteiger partial charge is 0.491 e. The highest BCUT2D eigenvalue weighted by Crippen LogP contribution is 2.25. The number of benzene rings is 1. The van der Waals surface area contributed by atoms with E-state index in [-0.39, 0.29) is 29.6 Å². The highest BCUT2D eigenvalue weighted by Gasteiger charge is 2.31. The molecule has 0 spiro atoms. The molecule has 1 atom stereocenters. The van der Waals surface area contributed by atoms with E-state index >= 15 is 0 Å². The van der Waals surface area contributed by atoms with E-state index in [0.717, 1.165) is 5.56 Å². The van der Waals surface area contributed by atoms with Gasteiger partial charge in [-0.1, -0.05) is 6.07 Å². The third-order valence-electron chi connectivity index (χ3n) is 5.01. The number of rotatable bonds is 3. The average Bonchev–Trinajstić information content (AvgIpc) is 2.88. The molecule has 1 aromatic carbocycles. The van der Waals surface area contributed by atoms with Crippen molar-refractivity contribution in [2.24, 2.45) is 0 Å². The summed E-state index contributed by atoms with van der Waals surface area (Å²) in [5.41, 5.74) is 2.61. The van der Waals surface area contributed by atoms with Crippen molar-refractivity contribution in [1.29, 1.82) is 0 Å². The van der Waals surface area contributed by atoms with Crippen LogP contribution in [0.3, 0.4) is 0 Å². The number of ether oxygens (including phenoxy) is 1. The van der Waals surface area contributed by atoms with Gasteiger partial charge in [-0.3, -0.25) is 19.7 Å². The molecule has 3 rings (SSSR count). The maximum absolute atomic E-state index is 12.9. The summed E-state index contributed by atoms with van der Waals surface area (Å²) in [4.78, 5) is 28.0. The van der Waals surface area contributed by atoms with E-state index in [1.54, 1.807) is 29.4 Å². The van der Waals surface area contributed by atoms with Crippen LogP contribution in [0.25, 0.3) is 0 Å². The van der Waals surface area contributed by atoms with Gasteiger partial charge in [0.1, 0.15) is 12.4 Å². The lowest BCUT2D eigenvalue weighted by Gasteiger charge is -2.34. The fraction of sp³-hybridized carbons (Fsp3) is 0.529. The van der Waals surface area contributed by atoms with Gasteiger partial charge < -0.3 is 9.64 Å². The van der Waals surface area contributed by atoms with Gasteiger partial charge in [-0.05, 0) is 19.1 Å². The number of carbonyl (C=O) groups is 2. The fourth-order valence-corrected chi connectivity index (χ4v) is 4.53. The van der Waals surface area contributed by atoms with Gasteiger partial charge >= 0.3 is 0 Å². The Bertz CT molecular complexity index is 827. The molecule has 0 radical (unpaired) electrons. The molecule has 1 unspecified atom stereocenters. The van der Waals surface area contributed by atoms with Crippen molar-refractivity contribution < 1.29 is 28.0 Å². The van der Waals surface area contributed by atoms with Crippen LogP contribution in [0.1, 0.15) is 22.8 Å². The zero-order chi connectivity index (χ0) is 19.6. The number of carbonyl (C=O) groups excluding carboxylic acids is 2. The number of sulfone groups is 1. The first-order valence-electron chi connectivity index (χ1n) is 8.74. The van der Waals surface area contributed by atoms with E-state index in [1.165, 1.54) is 6.07 Å². The van der Waals surface area contributed by atoms with E-state index in [0.29, 0.717) is 31.9 Å². The van der Waals surface area contributed by atoms with Crippen LogP contribution in [0, 0.1) is 0 Å². The molecule has 2 amide bonds. The predicted octanol–water partition coefficient (Wildman–Crippen LogP) is -0.354. The molecule has 1 saturated heterocycles. The molecule has 10 heteroatoms. The Morgan fingerprint density at radius 3 is 2.59 bits per heavy atom. The van der Waals surface area contributed by atoms with Gasteiger partial charge in [-0.25, -0.2) is 13.9 Å². The zero-order valence-corrected chi connectivity index (χ0v) is 15.9. The molecule has 0 aliphatic carbocycles. The molecule has 1 fully saturated rings. The van der Waals surface area contributed by atoms with E-state index in [2.05, 4.69) is 0 Å². The van der Waals surface area contributed by atoms with Crippen molar-refractivity contribution >= 4 is 21.7 Å². The minimum Gasteiger partial charge on any atom is -0.491 e. The summed E-state index contributed by atoms with van der Waals surface area (Å²) < 4.78 is 28.8. The minimum atomic E-state index is -3.00. The van der Waals surface area contributed by atoms with Crippen molar-refractivity contribution in [3.05, 3.63) is 29.3 Å². The molecule has 2 heterocycles. The highest BCUT2D eigenvalue weighted by molar-refractivity contribution is 7.91. The molecule has 2 aliphatic heterocycles. The molecule has 27 heavy (non-hydrogen) atoms. The molecule has 2 aliphatic rings. The van der Waals surface area contributed by atoms with E-state index in [1.807, 2.05) is 4.90 Å². The van der Waals surface area contributed by atoms with Crippen LogP contribution in [0.15, 0.2) is 18.2 Å².